The summed E-state index contributed by atoms with van der Waals surface area (Å²) in [5.74, 6) is 0.482. The van der Waals surface area contributed by atoms with E-state index in [4.69, 9.17) is 11.6 Å². The number of hydrogen-bond donors (Lipinski definition) is 1. The molecular weight excluding hydrogens is 434 g/mol. The van der Waals surface area contributed by atoms with Crippen molar-refractivity contribution < 1.29 is 4.79 Å². The quantitative estimate of drug-likeness (QED) is 0.263. The van der Waals surface area contributed by atoms with Crippen LogP contribution >= 0.6 is 23.4 Å². The predicted octanol–water partition coefficient (Wildman–Crippen LogP) is 3.62. The minimum atomic E-state index is -0.270. The van der Waals surface area contributed by atoms with Gasteiger partial charge in [0.15, 0.2) is 11.0 Å². The Labute approximate surface area is 187 Å². The fourth-order valence-electron chi connectivity index (χ4n) is 2.66. The third-order valence-electron chi connectivity index (χ3n) is 4.06. The molecule has 0 saturated heterocycles. The summed E-state index contributed by atoms with van der Waals surface area (Å²) in [5.41, 5.74) is 4.83. The second kappa shape index (κ2) is 9.96. The van der Waals surface area contributed by atoms with Crippen LogP contribution in [-0.2, 0) is 4.79 Å². The molecule has 3 aromatic heterocycles. The average molecular weight is 450 g/mol. The van der Waals surface area contributed by atoms with Crippen molar-refractivity contribution in [1.82, 2.24) is 30.2 Å². The molecule has 8 nitrogen and oxygen atoms in total. The molecule has 1 aromatic carbocycles. The molecule has 1 N–H and O–H groups in total. The van der Waals surface area contributed by atoms with Gasteiger partial charge in [-0.1, -0.05) is 29.4 Å². The molecule has 0 radical (unpaired) electrons. The van der Waals surface area contributed by atoms with E-state index in [9.17, 15) is 4.79 Å². The maximum absolute atomic E-state index is 12.2. The Morgan fingerprint density at radius 2 is 1.87 bits per heavy atom. The molecule has 0 saturated carbocycles. The maximum atomic E-state index is 12.2. The lowest BCUT2D eigenvalue weighted by Gasteiger charge is -2.10. The van der Waals surface area contributed by atoms with Crippen LogP contribution in [0.3, 0.4) is 0 Å². The molecule has 0 bridgehead atoms. The number of rotatable bonds is 7. The zero-order chi connectivity index (χ0) is 21.5. The van der Waals surface area contributed by atoms with E-state index in [1.807, 2.05) is 41.0 Å². The van der Waals surface area contributed by atoms with Gasteiger partial charge < -0.3 is 0 Å². The topological polar surface area (TPSA) is 98.0 Å². The Morgan fingerprint density at radius 3 is 2.61 bits per heavy atom. The molecule has 4 aromatic rings. The van der Waals surface area contributed by atoms with Gasteiger partial charge in [-0.05, 0) is 48.5 Å². The van der Waals surface area contributed by atoms with E-state index in [0.717, 1.165) is 11.3 Å². The van der Waals surface area contributed by atoms with Gasteiger partial charge in [-0.25, -0.2) is 5.43 Å². The van der Waals surface area contributed by atoms with Crippen LogP contribution < -0.4 is 5.43 Å². The fourth-order valence-corrected chi connectivity index (χ4v) is 3.53. The normalized spacial score (nSPS) is 11.0. The van der Waals surface area contributed by atoms with Crippen molar-refractivity contribution in [3.05, 3.63) is 83.9 Å². The van der Waals surface area contributed by atoms with Crippen LogP contribution in [0.25, 0.3) is 17.1 Å². The molecule has 0 aliphatic rings. The Balaban J connectivity index is 1.51. The third kappa shape index (κ3) is 5.33. The Morgan fingerprint density at radius 1 is 1.06 bits per heavy atom. The van der Waals surface area contributed by atoms with Crippen LogP contribution in [0, 0.1) is 0 Å². The van der Waals surface area contributed by atoms with Gasteiger partial charge in [0.05, 0.1) is 17.7 Å². The second-order valence-corrected chi connectivity index (χ2v) is 7.57. The number of hydrogen-bond acceptors (Lipinski definition) is 7. The number of aromatic nitrogens is 5. The molecule has 0 atom stereocenters. The van der Waals surface area contributed by atoms with Crippen molar-refractivity contribution in [2.45, 2.75) is 5.16 Å². The van der Waals surface area contributed by atoms with Gasteiger partial charge in [-0.2, -0.15) is 5.10 Å². The Bertz CT molecular complexity index is 1180. The number of pyridine rings is 2. The number of amides is 1. The van der Waals surface area contributed by atoms with Crippen molar-refractivity contribution in [2.24, 2.45) is 5.10 Å². The second-order valence-electron chi connectivity index (χ2n) is 6.19. The standard InChI is InChI=1S/C21H16ClN7OS/c22-16-4-6-18(7-5-16)29-20(15-8-11-23-12-9-15)27-28-21(29)31-14-19(30)26-25-13-17-3-1-2-10-24-17/h1-13H,14H2,(H,26,30)/b25-13-. The fraction of sp³-hybridized carbons (Fsp3) is 0.0476. The number of halogens is 1. The summed E-state index contributed by atoms with van der Waals surface area (Å²) in [7, 11) is 0. The number of benzene rings is 1. The summed E-state index contributed by atoms with van der Waals surface area (Å²) >= 11 is 7.30. The summed E-state index contributed by atoms with van der Waals surface area (Å²) in [6.45, 7) is 0. The summed E-state index contributed by atoms with van der Waals surface area (Å²) < 4.78 is 1.88. The molecule has 1 amide bonds. The van der Waals surface area contributed by atoms with Crippen molar-refractivity contribution >= 4 is 35.5 Å². The molecule has 0 fully saturated rings. The van der Waals surface area contributed by atoms with E-state index in [0.29, 0.717) is 21.7 Å². The molecule has 154 valence electrons. The van der Waals surface area contributed by atoms with Crippen LogP contribution in [0.15, 0.2) is 83.4 Å². The Hall–Kier alpha value is -3.56. The van der Waals surface area contributed by atoms with Crippen LogP contribution in [0.2, 0.25) is 5.02 Å². The number of nitrogens with one attached hydrogen (secondary N) is 1. The zero-order valence-electron chi connectivity index (χ0n) is 16.1. The van der Waals surface area contributed by atoms with Gasteiger partial charge in [0.25, 0.3) is 5.91 Å². The van der Waals surface area contributed by atoms with Gasteiger partial charge >= 0.3 is 0 Å². The van der Waals surface area contributed by atoms with Gasteiger partial charge in [-0.15, -0.1) is 10.2 Å². The van der Waals surface area contributed by atoms with E-state index < -0.39 is 0 Å². The first-order valence-electron chi connectivity index (χ1n) is 9.18. The first-order chi connectivity index (χ1) is 15.2. The van der Waals surface area contributed by atoms with Crippen LogP contribution in [0.4, 0.5) is 0 Å². The summed E-state index contributed by atoms with van der Waals surface area (Å²) in [4.78, 5) is 20.4. The van der Waals surface area contributed by atoms with E-state index in [1.165, 1.54) is 18.0 Å². The summed E-state index contributed by atoms with van der Waals surface area (Å²) in [6, 6.07) is 16.5. The molecule has 3 heterocycles. The number of nitrogens with zero attached hydrogens (tertiary/aromatic N) is 6. The maximum Gasteiger partial charge on any atom is 0.250 e. The number of carbonyl (C=O) groups is 1. The lowest BCUT2D eigenvalue weighted by molar-refractivity contribution is -0.118. The SMILES string of the molecule is O=C(CSc1nnc(-c2ccncc2)n1-c1ccc(Cl)cc1)N/N=C\c1ccccn1. The van der Waals surface area contributed by atoms with Gasteiger partial charge in [-0.3, -0.25) is 19.3 Å². The van der Waals surface area contributed by atoms with Crippen molar-refractivity contribution in [2.75, 3.05) is 5.75 Å². The number of hydrazone groups is 1. The first-order valence-corrected chi connectivity index (χ1v) is 10.5. The molecule has 31 heavy (non-hydrogen) atoms. The van der Waals surface area contributed by atoms with E-state index in [2.05, 4.69) is 30.7 Å². The highest BCUT2D eigenvalue weighted by molar-refractivity contribution is 7.99. The largest absolute Gasteiger partial charge is 0.272 e. The highest BCUT2D eigenvalue weighted by atomic mass is 35.5. The lowest BCUT2D eigenvalue weighted by atomic mass is 10.2. The molecule has 10 heteroatoms. The highest BCUT2D eigenvalue weighted by Crippen LogP contribution is 2.28. The molecule has 0 unspecified atom stereocenters. The van der Waals surface area contributed by atoms with Crippen molar-refractivity contribution in [3.8, 4) is 17.1 Å². The third-order valence-corrected chi connectivity index (χ3v) is 5.24. The number of carbonyl (C=O) groups excluding carboxylic acids is 1. The molecule has 0 aliphatic heterocycles. The van der Waals surface area contributed by atoms with Gasteiger partial charge in [0.2, 0.25) is 0 Å². The summed E-state index contributed by atoms with van der Waals surface area (Å²) in [6.07, 6.45) is 6.52. The van der Waals surface area contributed by atoms with E-state index >= 15 is 0 Å². The van der Waals surface area contributed by atoms with E-state index in [1.54, 1.807) is 36.8 Å². The lowest BCUT2D eigenvalue weighted by Crippen LogP contribution is -2.20. The molecule has 4 rings (SSSR count). The van der Waals surface area contributed by atoms with Crippen molar-refractivity contribution in [1.29, 1.82) is 0 Å². The minimum absolute atomic E-state index is 0.113. The average Bonchev–Trinajstić information content (AvgIpc) is 3.23. The summed E-state index contributed by atoms with van der Waals surface area (Å²) in [5, 5.41) is 13.7. The first kappa shape index (κ1) is 20.7. The highest BCUT2D eigenvalue weighted by Gasteiger charge is 2.17. The smallest absolute Gasteiger partial charge is 0.250 e. The Kier molecular flexibility index (Phi) is 6.65. The molecular formula is C21H16ClN7OS. The number of thioether (sulfide) groups is 1. The zero-order valence-corrected chi connectivity index (χ0v) is 17.7. The van der Waals surface area contributed by atoms with Crippen LogP contribution in [-0.4, -0.2) is 42.6 Å². The predicted molar refractivity (Wildman–Crippen MR) is 120 cm³/mol. The van der Waals surface area contributed by atoms with E-state index in [-0.39, 0.29) is 11.7 Å². The monoisotopic (exact) mass is 449 g/mol. The molecule has 0 aliphatic carbocycles. The van der Waals surface area contributed by atoms with Gasteiger partial charge in [0.1, 0.15) is 0 Å². The van der Waals surface area contributed by atoms with Crippen molar-refractivity contribution in [3.63, 3.8) is 0 Å². The van der Waals surface area contributed by atoms with Crippen LogP contribution in [0.1, 0.15) is 5.69 Å². The van der Waals surface area contributed by atoms with Gasteiger partial charge in [0, 0.05) is 34.9 Å². The minimum Gasteiger partial charge on any atom is -0.272 e. The van der Waals surface area contributed by atoms with Crippen LogP contribution in [0.5, 0.6) is 0 Å². The molecule has 0 spiro atoms.